The minimum atomic E-state index is -0.866. The first kappa shape index (κ1) is 34.0. The Kier molecular flexibility index (Phi) is 11.5. The number of imide groups is 1. The number of hydrogen-bond acceptors (Lipinski definition) is 6. The smallest absolute Gasteiger partial charge is 0.234 e. The van der Waals surface area contributed by atoms with Gasteiger partial charge in [-0.1, -0.05) is 80.3 Å². The van der Waals surface area contributed by atoms with Crippen LogP contribution in [-0.2, 0) is 16.1 Å². The fourth-order valence-electron chi connectivity index (χ4n) is 7.98. The van der Waals surface area contributed by atoms with E-state index in [9.17, 15) is 29.3 Å². The highest BCUT2D eigenvalue weighted by molar-refractivity contribution is 6.06. The van der Waals surface area contributed by atoms with E-state index in [0.717, 1.165) is 68.5 Å². The zero-order chi connectivity index (χ0) is 32.8. The average molecular weight is 633 g/mol. The number of benzene rings is 2. The first-order chi connectivity index (χ1) is 22.2. The summed E-state index contributed by atoms with van der Waals surface area (Å²) in [6.45, 7) is 6.29. The van der Waals surface area contributed by atoms with Crippen molar-refractivity contribution in [3.63, 3.8) is 0 Å². The van der Waals surface area contributed by atoms with Crippen LogP contribution in [0.1, 0.15) is 82.8 Å². The first-order valence-corrected chi connectivity index (χ1v) is 17.1. The summed E-state index contributed by atoms with van der Waals surface area (Å²) in [5.41, 5.74) is 4.68. The van der Waals surface area contributed by atoms with Crippen LogP contribution in [0, 0.1) is 23.6 Å². The molecule has 3 aliphatic rings. The summed E-state index contributed by atoms with van der Waals surface area (Å²) in [5, 5.41) is 32.0. The van der Waals surface area contributed by atoms with Crippen LogP contribution >= 0.6 is 0 Å². The molecule has 2 heterocycles. The Morgan fingerprint density at radius 2 is 1.76 bits per heavy atom. The lowest BCUT2D eigenvalue weighted by Gasteiger charge is -2.37. The van der Waals surface area contributed by atoms with Gasteiger partial charge < -0.3 is 15.3 Å². The molecule has 4 atom stereocenters. The van der Waals surface area contributed by atoms with Crippen LogP contribution < -0.4 is 0 Å². The molecule has 3 N–H and O–H groups in total. The molecule has 2 saturated heterocycles. The molecular formula is C38H49FN2O5. The number of aliphatic hydroxyl groups is 2. The lowest BCUT2D eigenvalue weighted by atomic mass is 9.67. The summed E-state index contributed by atoms with van der Waals surface area (Å²) in [6.07, 6.45) is 7.10. The normalized spacial score (nSPS) is 23.7. The maximum Gasteiger partial charge on any atom is 0.234 e. The third-order valence-corrected chi connectivity index (χ3v) is 10.1. The van der Waals surface area contributed by atoms with E-state index in [-0.39, 0.29) is 24.5 Å². The maximum absolute atomic E-state index is 14.0. The lowest BCUT2D eigenvalue weighted by molar-refractivity contribution is -0.144. The molecule has 248 valence electrons. The van der Waals surface area contributed by atoms with E-state index in [4.69, 9.17) is 0 Å². The molecule has 46 heavy (non-hydrogen) atoms. The number of phenolic OH excluding ortho intramolecular Hbond substituents is 1. The van der Waals surface area contributed by atoms with Gasteiger partial charge in [0.2, 0.25) is 11.8 Å². The molecule has 5 rings (SSSR count). The van der Waals surface area contributed by atoms with Gasteiger partial charge in [-0.05, 0) is 73.8 Å². The molecule has 0 aromatic heterocycles. The van der Waals surface area contributed by atoms with Gasteiger partial charge in [0.05, 0.1) is 24.5 Å². The van der Waals surface area contributed by atoms with Gasteiger partial charge in [0, 0.05) is 31.6 Å². The monoisotopic (exact) mass is 632 g/mol. The number of phenols is 1. The minimum Gasteiger partial charge on any atom is -0.505 e. The van der Waals surface area contributed by atoms with Crippen molar-refractivity contribution in [3.8, 4) is 5.75 Å². The van der Waals surface area contributed by atoms with Crippen molar-refractivity contribution in [1.29, 1.82) is 0 Å². The van der Waals surface area contributed by atoms with E-state index < -0.39 is 35.4 Å². The average Bonchev–Trinajstić information content (AvgIpc) is 3.30. The molecule has 0 bridgehead atoms. The summed E-state index contributed by atoms with van der Waals surface area (Å²) in [7, 11) is 0. The van der Waals surface area contributed by atoms with Gasteiger partial charge >= 0.3 is 0 Å². The summed E-state index contributed by atoms with van der Waals surface area (Å²) < 4.78 is 14.0. The maximum atomic E-state index is 14.0. The Labute approximate surface area is 272 Å². The zero-order valence-electron chi connectivity index (χ0n) is 27.2. The highest BCUT2D eigenvalue weighted by atomic mass is 19.1. The number of piperidine rings is 1. The molecule has 0 unspecified atom stereocenters. The van der Waals surface area contributed by atoms with Crippen LogP contribution in [0.4, 0.5) is 4.39 Å². The number of carbonyl (C=O) groups is 2. The Hall–Kier alpha value is -3.33. The van der Waals surface area contributed by atoms with Crippen molar-refractivity contribution in [2.45, 2.75) is 90.3 Å². The zero-order valence-corrected chi connectivity index (χ0v) is 27.2. The molecule has 2 aromatic rings. The van der Waals surface area contributed by atoms with Crippen molar-refractivity contribution in [2.24, 2.45) is 17.8 Å². The van der Waals surface area contributed by atoms with Crippen LogP contribution in [0.15, 0.2) is 65.3 Å². The van der Waals surface area contributed by atoms with E-state index in [0.29, 0.717) is 31.2 Å². The van der Waals surface area contributed by atoms with Gasteiger partial charge in [0.25, 0.3) is 0 Å². The number of rotatable bonds is 13. The summed E-state index contributed by atoms with van der Waals surface area (Å²) in [6, 6.07) is 14.5. The molecule has 2 amide bonds. The van der Waals surface area contributed by atoms with Crippen molar-refractivity contribution in [1.82, 2.24) is 9.80 Å². The molecule has 0 radical (unpaired) electrons. The van der Waals surface area contributed by atoms with Gasteiger partial charge in [0.1, 0.15) is 0 Å². The molecule has 1 aliphatic carbocycles. The second kappa shape index (κ2) is 15.5. The molecule has 8 heteroatoms. The molecule has 2 aliphatic heterocycles. The van der Waals surface area contributed by atoms with Gasteiger partial charge in [-0.2, -0.15) is 0 Å². The fraction of sp³-hybridized carbons (Fsp3) is 0.526. The van der Waals surface area contributed by atoms with Crippen molar-refractivity contribution in [3.05, 3.63) is 82.2 Å². The SMILES string of the molecule is CCCC1=C([C@H](O)CC/C(=C/c2ccc(O)c(F)c2)CCC)[C@H](CO)[C@@H]2C(=O)N(C3CCN(Cc4ccccc4)CC3)C(=O)[C@@H]2C1. The summed E-state index contributed by atoms with van der Waals surface area (Å²) in [4.78, 5) is 31.8. The van der Waals surface area contributed by atoms with Crippen LogP contribution in [-0.4, -0.2) is 68.8 Å². The summed E-state index contributed by atoms with van der Waals surface area (Å²) >= 11 is 0. The van der Waals surface area contributed by atoms with E-state index in [2.05, 4.69) is 30.9 Å². The number of aliphatic hydroxyl groups excluding tert-OH is 2. The Morgan fingerprint density at radius 3 is 2.41 bits per heavy atom. The second-order valence-electron chi connectivity index (χ2n) is 13.3. The van der Waals surface area contributed by atoms with Crippen LogP contribution in [0.5, 0.6) is 5.75 Å². The number of hydrogen-bond donors (Lipinski definition) is 3. The number of fused-ring (bicyclic) bond motifs is 1. The molecule has 0 spiro atoms. The molecular weight excluding hydrogens is 583 g/mol. The number of amides is 2. The predicted octanol–water partition coefficient (Wildman–Crippen LogP) is 6.23. The molecule has 2 aromatic carbocycles. The van der Waals surface area contributed by atoms with E-state index in [1.54, 1.807) is 6.07 Å². The van der Waals surface area contributed by atoms with E-state index in [1.165, 1.54) is 22.6 Å². The second-order valence-corrected chi connectivity index (χ2v) is 13.3. The van der Waals surface area contributed by atoms with Crippen LogP contribution in [0.25, 0.3) is 6.08 Å². The van der Waals surface area contributed by atoms with Gasteiger partial charge in [-0.3, -0.25) is 19.4 Å². The third-order valence-electron chi connectivity index (χ3n) is 10.1. The van der Waals surface area contributed by atoms with Gasteiger partial charge in [0.15, 0.2) is 11.6 Å². The highest BCUT2D eigenvalue weighted by Gasteiger charge is 2.56. The topological polar surface area (TPSA) is 101 Å². The Morgan fingerprint density at radius 1 is 1.02 bits per heavy atom. The van der Waals surface area contributed by atoms with Crippen molar-refractivity contribution in [2.75, 3.05) is 19.7 Å². The van der Waals surface area contributed by atoms with Crippen LogP contribution in [0.3, 0.4) is 0 Å². The Balaban J connectivity index is 1.30. The number of aromatic hydroxyl groups is 1. The highest BCUT2D eigenvalue weighted by Crippen LogP contribution is 2.48. The third kappa shape index (κ3) is 7.45. The standard InChI is InChI=1S/C38H49FN2O5/c1-3-8-25(20-27-13-14-33(43)32(39)21-27)12-15-34(44)35-28(9-4-2)22-30-36(31(35)24-42)38(46)41(37(30)45)29-16-18-40(19-17-29)23-26-10-6-5-7-11-26/h5-7,10-11,13-14,20-21,29-31,34,36,42-44H,3-4,8-9,12,15-19,22-24H2,1-2H3/b25-20+/t30-,31+,34-,36-/m1/s1. The number of allylic oxidation sites excluding steroid dienone is 2. The van der Waals surface area contributed by atoms with Crippen molar-refractivity contribution < 1.29 is 29.3 Å². The van der Waals surface area contributed by atoms with E-state index >= 15 is 0 Å². The fourth-order valence-corrected chi connectivity index (χ4v) is 7.98. The van der Waals surface area contributed by atoms with Crippen LogP contribution in [0.2, 0.25) is 0 Å². The summed E-state index contributed by atoms with van der Waals surface area (Å²) in [5.74, 6) is -3.13. The van der Waals surface area contributed by atoms with E-state index in [1.807, 2.05) is 24.3 Å². The number of carbonyl (C=O) groups excluding carboxylic acids is 2. The van der Waals surface area contributed by atoms with Gasteiger partial charge in [-0.15, -0.1) is 0 Å². The lowest BCUT2D eigenvalue weighted by Crippen LogP contribution is -2.47. The molecule has 7 nitrogen and oxygen atoms in total. The first-order valence-electron chi connectivity index (χ1n) is 17.1. The number of likely N-dealkylation sites (tertiary alicyclic amines) is 2. The molecule has 0 saturated carbocycles. The predicted molar refractivity (Wildman–Crippen MR) is 177 cm³/mol. The number of nitrogens with zero attached hydrogens (tertiary/aromatic N) is 2. The molecule has 2 fully saturated rings. The Bertz CT molecular complexity index is 1430. The van der Waals surface area contributed by atoms with Crippen molar-refractivity contribution >= 4 is 17.9 Å². The number of halogens is 1. The quantitative estimate of drug-likeness (QED) is 0.179. The van der Waals surface area contributed by atoms with Gasteiger partial charge in [-0.25, -0.2) is 4.39 Å². The largest absolute Gasteiger partial charge is 0.505 e. The minimum absolute atomic E-state index is 0.119.